The maximum Gasteiger partial charge on any atom is 0.373 e. The van der Waals surface area contributed by atoms with Crippen molar-refractivity contribution in [3.8, 4) is 5.75 Å². The minimum atomic E-state index is -0.505. The van der Waals surface area contributed by atoms with Crippen LogP contribution in [0.2, 0.25) is 0 Å². The van der Waals surface area contributed by atoms with Crippen LogP contribution in [0.25, 0.3) is 0 Å². The molecular weight excluding hydrogens is 256 g/mol. The lowest BCUT2D eigenvalue weighted by Crippen LogP contribution is -2.04. The molecule has 0 unspecified atom stereocenters. The molecule has 0 amide bonds. The zero-order valence-electron chi connectivity index (χ0n) is 12.4. The molecule has 0 N–H and O–H groups in total. The summed E-state index contributed by atoms with van der Waals surface area (Å²) in [5.74, 6) is 0.266. The standard InChI is InChI=1S/C16H24O4/c1-3-4-5-6-7-8-13-19-15-11-9-14(10-12-15)16(17)20-18-2/h9-12H,3-8,13H2,1-2H3. The number of ether oxygens (including phenoxy) is 1. The van der Waals surface area contributed by atoms with Gasteiger partial charge in [-0.3, -0.25) is 4.89 Å². The number of hydrogen-bond donors (Lipinski definition) is 0. The number of hydrogen-bond acceptors (Lipinski definition) is 4. The van der Waals surface area contributed by atoms with E-state index in [-0.39, 0.29) is 0 Å². The van der Waals surface area contributed by atoms with Crippen LogP contribution < -0.4 is 4.74 Å². The minimum absolute atomic E-state index is 0.443. The molecule has 0 fully saturated rings. The van der Waals surface area contributed by atoms with Gasteiger partial charge in [-0.25, -0.2) is 4.79 Å². The molecule has 0 heterocycles. The fourth-order valence-corrected chi connectivity index (χ4v) is 1.88. The Morgan fingerprint density at radius 1 is 1.00 bits per heavy atom. The molecule has 0 bridgehead atoms. The maximum atomic E-state index is 11.4. The lowest BCUT2D eigenvalue weighted by Gasteiger charge is -2.06. The molecule has 0 radical (unpaired) electrons. The molecular formula is C16H24O4. The van der Waals surface area contributed by atoms with Crippen molar-refractivity contribution in [1.82, 2.24) is 0 Å². The molecule has 1 rings (SSSR count). The highest BCUT2D eigenvalue weighted by Crippen LogP contribution is 2.14. The van der Waals surface area contributed by atoms with E-state index in [1.165, 1.54) is 39.2 Å². The second kappa shape index (κ2) is 10.3. The van der Waals surface area contributed by atoms with Gasteiger partial charge in [-0.15, -0.1) is 0 Å². The van der Waals surface area contributed by atoms with Crippen molar-refractivity contribution in [3.63, 3.8) is 0 Å². The summed E-state index contributed by atoms with van der Waals surface area (Å²) in [4.78, 5) is 20.1. The number of carbonyl (C=O) groups is 1. The smallest absolute Gasteiger partial charge is 0.373 e. The molecule has 0 spiro atoms. The molecule has 20 heavy (non-hydrogen) atoms. The van der Waals surface area contributed by atoms with Crippen molar-refractivity contribution in [3.05, 3.63) is 29.8 Å². The summed E-state index contributed by atoms with van der Waals surface area (Å²) < 4.78 is 5.62. The summed E-state index contributed by atoms with van der Waals surface area (Å²) in [6.45, 7) is 2.93. The van der Waals surface area contributed by atoms with Crippen molar-refractivity contribution in [2.45, 2.75) is 45.4 Å². The third-order valence-corrected chi connectivity index (χ3v) is 3.02. The predicted molar refractivity (Wildman–Crippen MR) is 77.7 cm³/mol. The average Bonchev–Trinajstić information content (AvgIpc) is 2.47. The van der Waals surface area contributed by atoms with Gasteiger partial charge in [0.15, 0.2) is 0 Å². The van der Waals surface area contributed by atoms with Gasteiger partial charge in [-0.1, -0.05) is 39.0 Å². The Morgan fingerprint density at radius 2 is 1.65 bits per heavy atom. The van der Waals surface area contributed by atoms with E-state index in [4.69, 9.17) is 4.74 Å². The van der Waals surface area contributed by atoms with Crippen LogP contribution in [0, 0.1) is 0 Å². The molecule has 4 heteroatoms. The van der Waals surface area contributed by atoms with E-state index in [1.54, 1.807) is 24.3 Å². The topological polar surface area (TPSA) is 44.8 Å². The van der Waals surface area contributed by atoms with E-state index in [2.05, 4.69) is 16.7 Å². The normalized spacial score (nSPS) is 10.3. The second-order valence-electron chi connectivity index (χ2n) is 4.68. The maximum absolute atomic E-state index is 11.4. The first-order valence-corrected chi connectivity index (χ1v) is 7.25. The minimum Gasteiger partial charge on any atom is -0.494 e. The fourth-order valence-electron chi connectivity index (χ4n) is 1.88. The predicted octanol–water partition coefficient (Wildman–Crippen LogP) is 4.14. The third-order valence-electron chi connectivity index (χ3n) is 3.02. The first-order valence-electron chi connectivity index (χ1n) is 7.25. The van der Waals surface area contributed by atoms with Crippen LogP contribution in [-0.4, -0.2) is 19.7 Å². The zero-order valence-corrected chi connectivity index (χ0v) is 12.4. The molecule has 4 nitrogen and oxygen atoms in total. The van der Waals surface area contributed by atoms with Crippen LogP contribution in [-0.2, 0) is 9.78 Å². The Kier molecular flexibility index (Phi) is 8.47. The van der Waals surface area contributed by atoms with E-state index in [0.29, 0.717) is 12.2 Å². The summed E-state index contributed by atoms with van der Waals surface area (Å²) >= 11 is 0. The monoisotopic (exact) mass is 280 g/mol. The Hall–Kier alpha value is -1.55. The summed E-state index contributed by atoms with van der Waals surface area (Å²) in [7, 11) is 1.30. The highest BCUT2D eigenvalue weighted by atomic mass is 17.2. The largest absolute Gasteiger partial charge is 0.494 e. The van der Waals surface area contributed by atoms with E-state index in [1.807, 2.05) is 0 Å². The summed E-state index contributed by atoms with van der Waals surface area (Å²) in [5, 5.41) is 0. The highest BCUT2D eigenvalue weighted by Gasteiger charge is 2.07. The van der Waals surface area contributed by atoms with Crippen LogP contribution in [0.15, 0.2) is 24.3 Å². The Balaban J connectivity index is 2.20. The summed E-state index contributed by atoms with van der Waals surface area (Å²) in [5.41, 5.74) is 0.443. The lowest BCUT2D eigenvalue weighted by molar-refractivity contribution is -0.216. The third kappa shape index (κ3) is 6.57. The molecule has 112 valence electrons. The zero-order chi connectivity index (χ0) is 14.6. The van der Waals surface area contributed by atoms with Gasteiger partial charge in [0, 0.05) is 0 Å². The molecule has 1 aromatic carbocycles. The van der Waals surface area contributed by atoms with Crippen molar-refractivity contribution >= 4 is 5.97 Å². The first kappa shape index (κ1) is 16.5. The van der Waals surface area contributed by atoms with Crippen LogP contribution in [0.1, 0.15) is 55.8 Å². The molecule has 0 aliphatic rings. The van der Waals surface area contributed by atoms with Gasteiger partial charge in [0.05, 0.1) is 19.3 Å². The van der Waals surface area contributed by atoms with Crippen molar-refractivity contribution in [2.24, 2.45) is 0 Å². The molecule has 0 aliphatic heterocycles. The molecule has 0 aliphatic carbocycles. The SMILES string of the molecule is CCCCCCCCOc1ccc(C(=O)OOC)cc1. The summed E-state index contributed by atoms with van der Waals surface area (Å²) in [6.07, 6.45) is 7.45. The lowest BCUT2D eigenvalue weighted by atomic mass is 10.1. The molecule has 0 aromatic heterocycles. The molecule has 0 saturated heterocycles. The molecule has 0 saturated carbocycles. The Bertz CT molecular complexity index is 373. The number of unbranched alkanes of at least 4 members (excludes halogenated alkanes) is 5. The van der Waals surface area contributed by atoms with Gasteiger partial charge in [0.1, 0.15) is 5.75 Å². The van der Waals surface area contributed by atoms with Gasteiger partial charge in [-0.05, 0) is 30.7 Å². The average molecular weight is 280 g/mol. The highest BCUT2D eigenvalue weighted by molar-refractivity contribution is 5.89. The van der Waals surface area contributed by atoms with Gasteiger partial charge >= 0.3 is 5.97 Å². The second-order valence-corrected chi connectivity index (χ2v) is 4.68. The van der Waals surface area contributed by atoms with Gasteiger partial charge in [0.2, 0.25) is 0 Å². The number of rotatable bonds is 10. The van der Waals surface area contributed by atoms with E-state index < -0.39 is 5.97 Å². The van der Waals surface area contributed by atoms with Crippen molar-refractivity contribution in [1.29, 1.82) is 0 Å². The van der Waals surface area contributed by atoms with Crippen molar-refractivity contribution < 1.29 is 19.3 Å². The fraction of sp³-hybridized carbons (Fsp3) is 0.562. The molecule has 0 atom stereocenters. The van der Waals surface area contributed by atoms with Gasteiger partial charge < -0.3 is 4.74 Å². The van der Waals surface area contributed by atoms with E-state index >= 15 is 0 Å². The number of carbonyl (C=O) groups excluding carboxylic acids is 1. The summed E-state index contributed by atoms with van der Waals surface area (Å²) in [6, 6.07) is 6.86. The van der Waals surface area contributed by atoms with Crippen LogP contribution in [0.4, 0.5) is 0 Å². The van der Waals surface area contributed by atoms with Gasteiger partial charge in [0.25, 0.3) is 0 Å². The van der Waals surface area contributed by atoms with Crippen LogP contribution >= 0.6 is 0 Å². The van der Waals surface area contributed by atoms with Crippen LogP contribution in [0.5, 0.6) is 5.75 Å². The van der Waals surface area contributed by atoms with Gasteiger partial charge in [-0.2, -0.15) is 4.89 Å². The number of benzene rings is 1. The van der Waals surface area contributed by atoms with E-state index in [0.717, 1.165) is 12.2 Å². The first-order chi connectivity index (χ1) is 9.77. The van der Waals surface area contributed by atoms with E-state index in [9.17, 15) is 4.79 Å². The quantitative estimate of drug-likeness (QED) is 0.367. The van der Waals surface area contributed by atoms with Crippen molar-refractivity contribution in [2.75, 3.05) is 13.7 Å². The van der Waals surface area contributed by atoms with Crippen LogP contribution in [0.3, 0.4) is 0 Å². The Labute approximate surface area is 121 Å². The molecule has 1 aromatic rings. The Morgan fingerprint density at radius 3 is 2.30 bits per heavy atom.